The van der Waals surface area contributed by atoms with Gasteiger partial charge in [-0.3, -0.25) is 4.90 Å². The Kier molecular flexibility index (Phi) is 5.82. The third-order valence-electron chi connectivity index (χ3n) is 5.79. The molecule has 176 valence electrons. The predicted octanol–water partition coefficient (Wildman–Crippen LogP) is 5.85. The number of carbonyl (C=O) groups excluding carboxylic acids is 1. The molecule has 0 saturated carbocycles. The Bertz CT molecular complexity index is 1420. The molecule has 3 aromatic carbocycles. The fourth-order valence-corrected chi connectivity index (χ4v) is 4.00. The molecular formula is C26H19F3N4O2. The molecular weight excluding hydrogens is 457 g/mol. The minimum Gasteiger partial charge on any atom is -0.334 e. The van der Waals surface area contributed by atoms with Crippen molar-refractivity contribution in [2.75, 3.05) is 0 Å². The number of urea groups is 1. The lowest BCUT2D eigenvalue weighted by Crippen LogP contribution is -2.45. The zero-order valence-corrected chi connectivity index (χ0v) is 18.5. The van der Waals surface area contributed by atoms with Crippen molar-refractivity contribution in [2.24, 2.45) is 0 Å². The van der Waals surface area contributed by atoms with E-state index in [2.05, 4.69) is 15.5 Å². The molecule has 1 atom stereocenters. The summed E-state index contributed by atoms with van der Waals surface area (Å²) in [6.45, 7) is 1.91. The van der Waals surface area contributed by atoms with Crippen LogP contribution in [-0.4, -0.2) is 21.1 Å². The van der Waals surface area contributed by atoms with Crippen LogP contribution in [0.5, 0.6) is 0 Å². The number of halogens is 3. The average molecular weight is 476 g/mol. The Morgan fingerprint density at radius 1 is 0.943 bits per heavy atom. The van der Waals surface area contributed by atoms with E-state index in [1.807, 2.05) is 0 Å². The fraction of sp³-hybridized carbons (Fsp3) is 0.115. The second kappa shape index (κ2) is 9.09. The van der Waals surface area contributed by atoms with Gasteiger partial charge in [0.25, 0.3) is 5.89 Å². The number of benzene rings is 3. The molecule has 4 aromatic rings. The molecule has 1 unspecified atom stereocenters. The van der Waals surface area contributed by atoms with Gasteiger partial charge in [0, 0.05) is 11.3 Å². The van der Waals surface area contributed by atoms with Crippen LogP contribution < -0.4 is 5.32 Å². The number of allylic oxidation sites excluding steroid dienone is 1. The van der Waals surface area contributed by atoms with Gasteiger partial charge in [0.1, 0.15) is 17.5 Å². The summed E-state index contributed by atoms with van der Waals surface area (Å²) in [6.07, 6.45) is 0. The number of hydrogen-bond donors (Lipinski definition) is 1. The molecule has 1 aromatic heterocycles. The molecule has 1 aliphatic rings. The molecule has 1 N–H and O–H groups in total. The van der Waals surface area contributed by atoms with E-state index < -0.39 is 23.7 Å². The lowest BCUT2D eigenvalue weighted by atomic mass is 9.94. The molecule has 0 bridgehead atoms. The van der Waals surface area contributed by atoms with E-state index in [1.165, 1.54) is 47.4 Å². The number of rotatable bonds is 5. The standard InChI is InChI=1S/C26H19F3N4O2/c1-15-22(25-31-24(32-35-25)18-3-2-4-21(29)13-18)23(17-7-11-20(28)12-8-17)30-26(34)33(15)14-16-5-9-19(27)10-6-16/h2-13,23H,14H2,1H3,(H,30,34). The highest BCUT2D eigenvalue weighted by Gasteiger charge is 2.35. The highest BCUT2D eigenvalue weighted by atomic mass is 19.1. The molecule has 2 amide bonds. The van der Waals surface area contributed by atoms with E-state index in [4.69, 9.17) is 4.52 Å². The van der Waals surface area contributed by atoms with Gasteiger partial charge >= 0.3 is 6.03 Å². The van der Waals surface area contributed by atoms with Gasteiger partial charge in [-0.15, -0.1) is 0 Å². The van der Waals surface area contributed by atoms with E-state index in [0.717, 1.165) is 0 Å². The topological polar surface area (TPSA) is 71.3 Å². The van der Waals surface area contributed by atoms with Gasteiger partial charge in [0.15, 0.2) is 0 Å². The van der Waals surface area contributed by atoms with Crippen molar-refractivity contribution in [3.63, 3.8) is 0 Å². The maximum atomic E-state index is 13.7. The van der Waals surface area contributed by atoms with Gasteiger partial charge in [-0.25, -0.2) is 18.0 Å². The van der Waals surface area contributed by atoms with Crippen molar-refractivity contribution in [1.29, 1.82) is 0 Å². The van der Waals surface area contributed by atoms with Crippen LogP contribution in [-0.2, 0) is 6.54 Å². The second-order valence-electron chi connectivity index (χ2n) is 8.08. The molecule has 2 heterocycles. The lowest BCUT2D eigenvalue weighted by molar-refractivity contribution is 0.203. The Balaban J connectivity index is 1.59. The van der Waals surface area contributed by atoms with Crippen LogP contribution in [0.25, 0.3) is 17.0 Å². The first-order chi connectivity index (χ1) is 16.9. The average Bonchev–Trinajstić information content (AvgIpc) is 3.33. The van der Waals surface area contributed by atoms with E-state index in [0.29, 0.717) is 28.0 Å². The summed E-state index contributed by atoms with van der Waals surface area (Å²) < 4.78 is 46.2. The first-order valence-electron chi connectivity index (χ1n) is 10.8. The third kappa shape index (κ3) is 4.52. The van der Waals surface area contributed by atoms with E-state index in [1.54, 1.807) is 37.3 Å². The summed E-state index contributed by atoms with van der Waals surface area (Å²) in [6, 6.07) is 16.2. The SMILES string of the molecule is CC1=C(c2nc(-c3cccc(F)c3)no2)C(c2ccc(F)cc2)NC(=O)N1Cc1ccc(F)cc1. The van der Waals surface area contributed by atoms with Crippen LogP contribution in [0.3, 0.4) is 0 Å². The van der Waals surface area contributed by atoms with E-state index >= 15 is 0 Å². The maximum Gasteiger partial charge on any atom is 0.322 e. The van der Waals surface area contributed by atoms with Gasteiger partial charge < -0.3 is 9.84 Å². The van der Waals surface area contributed by atoms with Crippen LogP contribution >= 0.6 is 0 Å². The van der Waals surface area contributed by atoms with Gasteiger partial charge in [-0.1, -0.05) is 41.6 Å². The molecule has 0 spiro atoms. The number of nitrogens with zero attached hydrogens (tertiary/aromatic N) is 3. The van der Waals surface area contributed by atoms with Crippen molar-refractivity contribution in [1.82, 2.24) is 20.4 Å². The number of amides is 2. The Morgan fingerprint density at radius 2 is 1.63 bits per heavy atom. The quantitative estimate of drug-likeness (QED) is 0.392. The minimum absolute atomic E-state index is 0.125. The number of nitrogens with one attached hydrogen (secondary N) is 1. The summed E-state index contributed by atoms with van der Waals surface area (Å²) in [5.41, 5.74) is 2.79. The normalized spacial score (nSPS) is 15.9. The molecule has 1 aliphatic heterocycles. The van der Waals surface area contributed by atoms with Gasteiger partial charge in [0.05, 0.1) is 18.2 Å². The summed E-state index contributed by atoms with van der Waals surface area (Å²) in [5.74, 6) is -0.928. The van der Waals surface area contributed by atoms with Crippen molar-refractivity contribution in [3.8, 4) is 11.4 Å². The molecule has 0 radical (unpaired) electrons. The summed E-state index contributed by atoms with van der Waals surface area (Å²) >= 11 is 0. The first kappa shape index (κ1) is 22.4. The molecule has 6 nitrogen and oxygen atoms in total. The summed E-state index contributed by atoms with van der Waals surface area (Å²) in [7, 11) is 0. The van der Waals surface area contributed by atoms with E-state index in [-0.39, 0.29) is 24.1 Å². The Hall–Kier alpha value is -4.40. The highest BCUT2D eigenvalue weighted by molar-refractivity contribution is 5.86. The van der Waals surface area contributed by atoms with Crippen molar-refractivity contribution >= 4 is 11.6 Å². The zero-order valence-electron chi connectivity index (χ0n) is 18.5. The van der Waals surface area contributed by atoms with Crippen LogP contribution in [0.4, 0.5) is 18.0 Å². The second-order valence-corrected chi connectivity index (χ2v) is 8.08. The first-order valence-corrected chi connectivity index (χ1v) is 10.8. The van der Waals surface area contributed by atoms with Gasteiger partial charge in [-0.2, -0.15) is 4.98 Å². The highest BCUT2D eigenvalue weighted by Crippen LogP contribution is 2.38. The monoisotopic (exact) mass is 476 g/mol. The zero-order chi connectivity index (χ0) is 24.5. The van der Waals surface area contributed by atoms with Crippen molar-refractivity contribution in [2.45, 2.75) is 19.5 Å². The minimum atomic E-state index is -0.701. The van der Waals surface area contributed by atoms with Crippen molar-refractivity contribution < 1.29 is 22.5 Å². The number of aromatic nitrogens is 2. The van der Waals surface area contributed by atoms with Gasteiger partial charge in [0.2, 0.25) is 5.82 Å². The molecule has 0 fully saturated rings. The van der Waals surface area contributed by atoms with Crippen LogP contribution in [0.2, 0.25) is 0 Å². The summed E-state index contributed by atoms with van der Waals surface area (Å²) in [5, 5.41) is 6.91. The molecule has 5 rings (SSSR count). The largest absolute Gasteiger partial charge is 0.334 e. The van der Waals surface area contributed by atoms with Crippen LogP contribution in [0.15, 0.2) is 83.0 Å². The maximum absolute atomic E-state index is 13.7. The van der Waals surface area contributed by atoms with Crippen LogP contribution in [0, 0.1) is 17.5 Å². The Labute approximate surface area is 198 Å². The Morgan fingerprint density at radius 3 is 2.31 bits per heavy atom. The van der Waals surface area contributed by atoms with E-state index in [9.17, 15) is 18.0 Å². The van der Waals surface area contributed by atoms with Crippen molar-refractivity contribution in [3.05, 3.63) is 113 Å². The number of hydrogen-bond acceptors (Lipinski definition) is 4. The van der Waals surface area contributed by atoms with Gasteiger partial charge in [-0.05, 0) is 54.4 Å². The fourth-order valence-electron chi connectivity index (χ4n) is 4.00. The number of carbonyl (C=O) groups is 1. The van der Waals surface area contributed by atoms with Crippen LogP contribution in [0.1, 0.15) is 30.0 Å². The molecule has 0 saturated heterocycles. The predicted molar refractivity (Wildman–Crippen MR) is 122 cm³/mol. The lowest BCUT2D eigenvalue weighted by Gasteiger charge is -2.35. The molecule has 0 aliphatic carbocycles. The third-order valence-corrected chi connectivity index (χ3v) is 5.79. The smallest absolute Gasteiger partial charge is 0.322 e. The summed E-state index contributed by atoms with van der Waals surface area (Å²) in [4.78, 5) is 19.0. The molecule has 35 heavy (non-hydrogen) atoms. The molecule has 9 heteroatoms.